The molecule has 7 heteroatoms. The number of para-hydroxylation sites is 1. The Kier molecular flexibility index (Phi) is 5.36. The minimum atomic E-state index is 0.0987. The van der Waals surface area contributed by atoms with Crippen LogP contribution in [-0.2, 0) is 0 Å². The van der Waals surface area contributed by atoms with Crippen molar-refractivity contribution in [3.63, 3.8) is 0 Å². The largest absolute Gasteiger partial charge is 0.496 e. The van der Waals surface area contributed by atoms with Gasteiger partial charge in [-0.15, -0.1) is 0 Å². The molecule has 0 bridgehead atoms. The maximum Gasteiger partial charge on any atom is 0.184 e. The second-order valence-corrected chi connectivity index (χ2v) is 7.14. The van der Waals surface area contributed by atoms with Crippen molar-refractivity contribution in [2.45, 2.75) is 0 Å². The Morgan fingerprint density at radius 1 is 1.07 bits per heavy atom. The highest BCUT2D eigenvalue weighted by atomic mass is 32.1. The Morgan fingerprint density at radius 3 is 2.60 bits per heavy atom. The van der Waals surface area contributed by atoms with Crippen molar-refractivity contribution in [2.24, 2.45) is 10.8 Å². The number of nitrogens with zero attached hydrogens (tertiary/aromatic N) is 1. The van der Waals surface area contributed by atoms with E-state index in [-0.39, 0.29) is 5.11 Å². The van der Waals surface area contributed by atoms with E-state index < -0.39 is 0 Å². The minimum Gasteiger partial charge on any atom is -0.496 e. The molecular weight excluding hydrogens is 394 g/mol. The predicted molar refractivity (Wildman–Crippen MR) is 128 cm³/mol. The van der Waals surface area contributed by atoms with E-state index in [9.17, 15) is 0 Å². The summed E-state index contributed by atoms with van der Waals surface area (Å²) in [6, 6.07) is 21.7. The molecule has 30 heavy (non-hydrogen) atoms. The number of hydrogen-bond donors (Lipinski definition) is 4. The van der Waals surface area contributed by atoms with E-state index in [0.717, 1.165) is 44.6 Å². The van der Waals surface area contributed by atoms with Crippen LogP contribution in [0.3, 0.4) is 0 Å². The fourth-order valence-corrected chi connectivity index (χ4v) is 3.63. The lowest BCUT2D eigenvalue weighted by Crippen LogP contribution is -2.24. The van der Waals surface area contributed by atoms with E-state index in [1.54, 1.807) is 13.3 Å². The van der Waals surface area contributed by atoms with Crippen molar-refractivity contribution in [3.8, 4) is 28.1 Å². The number of aromatic amines is 1. The summed E-state index contributed by atoms with van der Waals surface area (Å²) in [5.41, 5.74) is 20.6. The van der Waals surface area contributed by atoms with Crippen molar-refractivity contribution < 1.29 is 4.74 Å². The van der Waals surface area contributed by atoms with Crippen LogP contribution in [0.2, 0.25) is 0 Å². The second-order valence-electron chi connectivity index (χ2n) is 6.70. The van der Waals surface area contributed by atoms with Gasteiger partial charge in [0.2, 0.25) is 0 Å². The number of hydrogen-bond acceptors (Lipinski definition) is 4. The predicted octanol–water partition coefficient (Wildman–Crippen LogP) is 4.26. The number of hydrazone groups is 1. The first-order chi connectivity index (χ1) is 14.6. The van der Waals surface area contributed by atoms with E-state index in [2.05, 4.69) is 21.6 Å². The Hall–Kier alpha value is -3.84. The van der Waals surface area contributed by atoms with Gasteiger partial charge in [-0.1, -0.05) is 42.5 Å². The molecule has 0 radical (unpaired) electrons. The molecule has 4 aromatic rings. The Labute approximate surface area is 179 Å². The second kappa shape index (κ2) is 8.26. The van der Waals surface area contributed by atoms with Crippen molar-refractivity contribution in [1.29, 1.82) is 0 Å². The highest BCUT2D eigenvalue weighted by molar-refractivity contribution is 7.80. The molecule has 0 aliphatic carbocycles. The zero-order valence-corrected chi connectivity index (χ0v) is 17.2. The van der Waals surface area contributed by atoms with Gasteiger partial charge in [0.25, 0.3) is 0 Å². The number of H-pyrrole nitrogens is 1. The first kappa shape index (κ1) is 19.5. The fraction of sp³-hybridized carbons (Fsp3) is 0.0435. The number of fused-ring (bicyclic) bond motifs is 1. The summed E-state index contributed by atoms with van der Waals surface area (Å²) in [6.45, 7) is 0. The van der Waals surface area contributed by atoms with Crippen LogP contribution in [0.5, 0.6) is 5.75 Å². The molecule has 6 N–H and O–H groups in total. The summed E-state index contributed by atoms with van der Waals surface area (Å²) in [7, 11) is 1.67. The van der Waals surface area contributed by atoms with Crippen molar-refractivity contribution in [3.05, 3.63) is 72.3 Å². The number of rotatable bonds is 5. The molecule has 150 valence electrons. The van der Waals surface area contributed by atoms with Gasteiger partial charge in [-0.25, -0.2) is 0 Å². The van der Waals surface area contributed by atoms with Gasteiger partial charge in [-0.3, -0.25) is 5.43 Å². The van der Waals surface area contributed by atoms with E-state index in [4.69, 9.17) is 28.4 Å². The molecule has 4 rings (SSSR count). The fourth-order valence-electron chi connectivity index (χ4n) is 3.58. The molecule has 0 fully saturated rings. The number of anilines is 1. The van der Waals surface area contributed by atoms with Gasteiger partial charge in [0.1, 0.15) is 5.75 Å². The normalized spacial score (nSPS) is 11.1. The van der Waals surface area contributed by atoms with Crippen molar-refractivity contribution in [1.82, 2.24) is 10.4 Å². The maximum atomic E-state index is 6.03. The minimum absolute atomic E-state index is 0.0987. The lowest BCUT2D eigenvalue weighted by molar-refractivity contribution is 0.416. The summed E-state index contributed by atoms with van der Waals surface area (Å²) >= 11 is 4.88. The molecule has 0 saturated carbocycles. The van der Waals surface area contributed by atoms with Crippen LogP contribution in [-0.4, -0.2) is 23.4 Å². The summed E-state index contributed by atoms with van der Waals surface area (Å²) in [4.78, 5) is 3.51. The van der Waals surface area contributed by atoms with Gasteiger partial charge in [-0.05, 0) is 42.0 Å². The molecule has 6 nitrogen and oxygen atoms in total. The van der Waals surface area contributed by atoms with Gasteiger partial charge in [0, 0.05) is 33.3 Å². The van der Waals surface area contributed by atoms with E-state index in [1.807, 2.05) is 60.7 Å². The van der Waals surface area contributed by atoms with Gasteiger partial charge < -0.3 is 21.2 Å². The summed E-state index contributed by atoms with van der Waals surface area (Å²) < 4.78 is 5.60. The zero-order valence-electron chi connectivity index (χ0n) is 16.3. The molecule has 1 aromatic heterocycles. The first-order valence-corrected chi connectivity index (χ1v) is 9.72. The van der Waals surface area contributed by atoms with Crippen LogP contribution in [0.25, 0.3) is 33.3 Å². The third-order valence-electron chi connectivity index (χ3n) is 4.80. The van der Waals surface area contributed by atoms with Crippen LogP contribution in [0.1, 0.15) is 5.56 Å². The highest BCUT2D eigenvalue weighted by Gasteiger charge is 2.17. The Morgan fingerprint density at radius 2 is 1.83 bits per heavy atom. The van der Waals surface area contributed by atoms with Crippen LogP contribution >= 0.6 is 12.2 Å². The van der Waals surface area contributed by atoms with Gasteiger partial charge in [0.15, 0.2) is 5.11 Å². The van der Waals surface area contributed by atoms with Gasteiger partial charge in [0.05, 0.1) is 19.0 Å². The van der Waals surface area contributed by atoms with E-state index in [1.165, 1.54) is 0 Å². The summed E-state index contributed by atoms with van der Waals surface area (Å²) in [6.07, 6.45) is 1.72. The van der Waals surface area contributed by atoms with E-state index >= 15 is 0 Å². The third kappa shape index (κ3) is 3.70. The molecule has 0 saturated heterocycles. The Bertz CT molecular complexity index is 1260. The number of nitrogens with one attached hydrogen (secondary N) is 2. The number of ether oxygens (including phenoxy) is 1. The zero-order chi connectivity index (χ0) is 21.1. The molecule has 0 spiro atoms. The number of methoxy groups -OCH3 is 1. The maximum absolute atomic E-state index is 6.03. The third-order valence-corrected chi connectivity index (χ3v) is 4.89. The van der Waals surface area contributed by atoms with Crippen LogP contribution < -0.4 is 21.6 Å². The molecule has 0 aliphatic heterocycles. The molecule has 0 amide bonds. The summed E-state index contributed by atoms with van der Waals surface area (Å²) in [5.74, 6) is 0.792. The molecule has 0 unspecified atom stereocenters. The molecule has 0 aliphatic rings. The highest BCUT2D eigenvalue weighted by Crippen LogP contribution is 2.39. The van der Waals surface area contributed by atoms with Gasteiger partial charge >= 0.3 is 0 Å². The van der Waals surface area contributed by atoms with E-state index in [0.29, 0.717) is 5.69 Å². The molecule has 1 heterocycles. The summed E-state index contributed by atoms with van der Waals surface area (Å²) in [5, 5.41) is 5.33. The number of aromatic nitrogens is 1. The first-order valence-electron chi connectivity index (χ1n) is 9.31. The van der Waals surface area contributed by atoms with Crippen LogP contribution in [0.4, 0.5) is 5.69 Å². The SMILES string of the molecule is COc1ccccc1-c1cccc2[nH]c(-c3cccc(N)c3)c(/C=N/NC(N)=S)c12. The quantitative estimate of drug-likeness (QED) is 0.169. The van der Waals surface area contributed by atoms with Gasteiger partial charge in [-0.2, -0.15) is 5.10 Å². The van der Waals surface area contributed by atoms with Crippen LogP contribution in [0.15, 0.2) is 71.8 Å². The Balaban J connectivity index is 2.02. The van der Waals surface area contributed by atoms with Crippen LogP contribution in [0, 0.1) is 0 Å². The van der Waals surface area contributed by atoms with Crippen molar-refractivity contribution in [2.75, 3.05) is 12.8 Å². The number of benzene rings is 3. The average molecular weight is 416 g/mol. The number of nitrogen functional groups attached to an aromatic ring is 1. The number of nitrogens with two attached hydrogens (primary N) is 2. The standard InChI is InChI=1S/C23H21N5OS/c1-29-20-11-3-2-8-16(20)17-9-5-10-19-21(17)18(13-26-28-23(25)30)22(27-19)14-6-4-7-15(24)12-14/h2-13,27H,24H2,1H3,(H3,25,28,30)/b26-13+. The molecule has 0 atom stereocenters. The monoisotopic (exact) mass is 415 g/mol. The number of thiocarbonyl (C=S) groups is 1. The smallest absolute Gasteiger partial charge is 0.184 e. The van der Waals surface area contributed by atoms with Crippen molar-refractivity contribution >= 4 is 40.1 Å². The lowest BCUT2D eigenvalue weighted by atomic mass is 9.97. The topological polar surface area (TPSA) is 101 Å². The average Bonchev–Trinajstić information content (AvgIpc) is 3.12. The molecular formula is C23H21N5OS. The molecule has 3 aromatic carbocycles. The lowest BCUT2D eigenvalue weighted by Gasteiger charge is -2.10.